The highest BCUT2D eigenvalue weighted by Gasteiger charge is 2.47. The highest BCUT2D eigenvalue weighted by molar-refractivity contribution is 5.92. The first-order valence-corrected chi connectivity index (χ1v) is 8.52. The van der Waals surface area contributed by atoms with Gasteiger partial charge in [-0.2, -0.15) is 0 Å². The molecule has 2 atom stereocenters. The van der Waals surface area contributed by atoms with Gasteiger partial charge in [-0.05, 0) is 42.8 Å². The molecule has 2 amide bonds. The largest absolute Gasteiger partial charge is 0.497 e. The van der Waals surface area contributed by atoms with Crippen molar-refractivity contribution in [3.8, 4) is 11.5 Å². The van der Waals surface area contributed by atoms with E-state index in [4.69, 9.17) is 13.9 Å². The van der Waals surface area contributed by atoms with Gasteiger partial charge in [0, 0.05) is 0 Å². The summed E-state index contributed by atoms with van der Waals surface area (Å²) in [6, 6.07) is 10.8. The van der Waals surface area contributed by atoms with Gasteiger partial charge in [0.05, 0.1) is 38.3 Å². The number of hydrogen-bond donors (Lipinski definition) is 2. The van der Waals surface area contributed by atoms with Crippen LogP contribution >= 0.6 is 0 Å². The van der Waals surface area contributed by atoms with Crippen LogP contribution in [0.25, 0.3) is 0 Å². The number of furan rings is 1. The molecule has 1 aromatic heterocycles. The van der Waals surface area contributed by atoms with Crippen LogP contribution in [0.2, 0.25) is 0 Å². The fourth-order valence-electron chi connectivity index (χ4n) is 2.64. The molecule has 1 heterocycles. The van der Waals surface area contributed by atoms with Crippen LogP contribution in [-0.2, 0) is 16.1 Å². The zero-order valence-corrected chi connectivity index (χ0v) is 14.6. The first-order chi connectivity index (χ1) is 12.7. The molecule has 0 aliphatic heterocycles. The molecule has 1 fully saturated rings. The number of carbonyl (C=O) groups excluding carboxylic acids is 2. The number of ether oxygens (including phenoxy) is 2. The number of nitrogens with one attached hydrogen (secondary N) is 2. The second-order valence-electron chi connectivity index (χ2n) is 6.06. The van der Waals surface area contributed by atoms with E-state index >= 15 is 0 Å². The summed E-state index contributed by atoms with van der Waals surface area (Å²) in [4.78, 5) is 24.1. The monoisotopic (exact) mass is 358 g/mol. The molecule has 0 saturated heterocycles. The van der Waals surface area contributed by atoms with E-state index < -0.39 is 0 Å². The van der Waals surface area contributed by atoms with Gasteiger partial charge in [-0.25, -0.2) is 0 Å². The zero-order chi connectivity index (χ0) is 18.4. The van der Waals surface area contributed by atoms with Crippen LogP contribution in [0.15, 0.2) is 47.1 Å². The maximum Gasteiger partial charge on any atom is 0.224 e. The Morgan fingerprint density at radius 2 is 1.77 bits per heavy atom. The highest BCUT2D eigenvalue weighted by atomic mass is 16.5. The molecular formula is C19H22N2O5. The lowest BCUT2D eigenvalue weighted by Crippen LogP contribution is -2.32. The highest BCUT2D eigenvalue weighted by Crippen LogP contribution is 2.38. The van der Waals surface area contributed by atoms with Crippen LogP contribution in [0.4, 0.5) is 0 Å². The van der Waals surface area contributed by atoms with Gasteiger partial charge >= 0.3 is 0 Å². The van der Waals surface area contributed by atoms with E-state index in [1.54, 1.807) is 37.6 Å². The fraction of sp³-hybridized carbons (Fsp3) is 0.368. The third-order valence-corrected chi connectivity index (χ3v) is 4.21. The second kappa shape index (κ2) is 8.42. The molecule has 138 valence electrons. The predicted octanol–water partition coefficient (Wildman–Crippen LogP) is 1.74. The molecule has 7 heteroatoms. The number of carbonyl (C=O) groups is 2. The number of rotatable bonds is 9. The van der Waals surface area contributed by atoms with Gasteiger partial charge in [0.15, 0.2) is 0 Å². The molecule has 2 aromatic rings. The zero-order valence-electron chi connectivity index (χ0n) is 14.6. The Morgan fingerprint density at radius 1 is 1.08 bits per heavy atom. The van der Waals surface area contributed by atoms with Crippen LogP contribution in [0.1, 0.15) is 12.2 Å². The first-order valence-electron chi connectivity index (χ1n) is 8.52. The quantitative estimate of drug-likeness (QED) is 0.667. The van der Waals surface area contributed by atoms with Crippen LogP contribution in [0, 0.1) is 11.8 Å². The van der Waals surface area contributed by atoms with E-state index in [-0.39, 0.29) is 23.7 Å². The van der Waals surface area contributed by atoms with E-state index in [1.807, 2.05) is 12.1 Å². The summed E-state index contributed by atoms with van der Waals surface area (Å²) in [7, 11) is 1.60. The van der Waals surface area contributed by atoms with Crippen molar-refractivity contribution in [2.45, 2.75) is 13.0 Å². The molecule has 0 radical (unpaired) electrons. The Hall–Kier alpha value is -2.96. The standard InChI is InChI=1S/C19H22N2O5/c1-24-13-4-6-14(7-5-13)26-10-8-20-18(22)16-11-17(16)19(23)21-12-15-3-2-9-25-15/h2-7,9,16-17H,8,10-12H2,1H3,(H,20,22)(H,21,23). The molecule has 26 heavy (non-hydrogen) atoms. The van der Waals surface area contributed by atoms with Gasteiger partial charge in [0.2, 0.25) is 11.8 Å². The van der Waals surface area contributed by atoms with Crippen molar-refractivity contribution in [3.05, 3.63) is 48.4 Å². The molecule has 2 N–H and O–H groups in total. The molecule has 1 aliphatic rings. The van der Waals surface area contributed by atoms with E-state index in [9.17, 15) is 9.59 Å². The minimum Gasteiger partial charge on any atom is -0.497 e. The topological polar surface area (TPSA) is 89.8 Å². The summed E-state index contributed by atoms with van der Waals surface area (Å²) < 4.78 is 15.8. The molecule has 0 spiro atoms. The van der Waals surface area contributed by atoms with Crippen LogP contribution in [0.5, 0.6) is 11.5 Å². The number of amides is 2. The second-order valence-corrected chi connectivity index (χ2v) is 6.06. The number of benzene rings is 1. The SMILES string of the molecule is COc1ccc(OCCNC(=O)C2CC2C(=O)NCc2ccco2)cc1. The molecule has 3 rings (SSSR count). The average molecular weight is 358 g/mol. The average Bonchev–Trinajstić information content (AvgIpc) is 3.31. The number of methoxy groups -OCH3 is 1. The Bertz CT molecular complexity index is 727. The smallest absolute Gasteiger partial charge is 0.224 e. The summed E-state index contributed by atoms with van der Waals surface area (Å²) in [6.45, 7) is 1.09. The van der Waals surface area contributed by atoms with Crippen molar-refractivity contribution >= 4 is 11.8 Å². The van der Waals surface area contributed by atoms with Gasteiger partial charge in [-0.3, -0.25) is 9.59 Å². The van der Waals surface area contributed by atoms with Gasteiger partial charge < -0.3 is 24.5 Å². The Morgan fingerprint density at radius 3 is 2.42 bits per heavy atom. The van der Waals surface area contributed by atoms with E-state index in [1.165, 1.54) is 0 Å². The molecule has 7 nitrogen and oxygen atoms in total. The Labute approximate surface area is 151 Å². The molecule has 0 bridgehead atoms. The van der Waals surface area contributed by atoms with Crippen molar-refractivity contribution in [2.24, 2.45) is 11.8 Å². The first kappa shape index (κ1) is 17.8. The van der Waals surface area contributed by atoms with Gasteiger partial charge in [-0.15, -0.1) is 0 Å². The van der Waals surface area contributed by atoms with Crippen molar-refractivity contribution in [2.75, 3.05) is 20.3 Å². The maximum atomic E-state index is 12.1. The Balaban J connectivity index is 1.31. The molecule has 1 aromatic carbocycles. The molecular weight excluding hydrogens is 336 g/mol. The summed E-state index contributed by atoms with van der Waals surface area (Å²) >= 11 is 0. The lowest BCUT2D eigenvalue weighted by atomic mass is 10.2. The normalized spacial score (nSPS) is 18.0. The van der Waals surface area contributed by atoms with Crippen molar-refractivity contribution in [1.29, 1.82) is 0 Å². The van der Waals surface area contributed by atoms with Crippen LogP contribution < -0.4 is 20.1 Å². The number of hydrogen-bond acceptors (Lipinski definition) is 5. The predicted molar refractivity (Wildman–Crippen MR) is 93.7 cm³/mol. The van der Waals surface area contributed by atoms with Crippen molar-refractivity contribution in [3.63, 3.8) is 0 Å². The van der Waals surface area contributed by atoms with Gasteiger partial charge in [-0.1, -0.05) is 0 Å². The van der Waals surface area contributed by atoms with Crippen LogP contribution in [0.3, 0.4) is 0 Å². The molecule has 2 unspecified atom stereocenters. The minimum atomic E-state index is -0.257. The maximum absolute atomic E-state index is 12.1. The summed E-state index contributed by atoms with van der Waals surface area (Å²) in [5.74, 6) is 1.42. The lowest BCUT2D eigenvalue weighted by Gasteiger charge is -2.08. The van der Waals surface area contributed by atoms with Gasteiger partial charge in [0.25, 0.3) is 0 Å². The minimum absolute atomic E-state index is 0.110. The lowest BCUT2D eigenvalue weighted by molar-refractivity contribution is -0.127. The van der Waals surface area contributed by atoms with Crippen molar-refractivity contribution in [1.82, 2.24) is 10.6 Å². The van der Waals surface area contributed by atoms with E-state index in [2.05, 4.69) is 10.6 Å². The summed E-state index contributed by atoms with van der Waals surface area (Å²) in [6.07, 6.45) is 2.14. The van der Waals surface area contributed by atoms with Crippen molar-refractivity contribution < 1.29 is 23.5 Å². The third kappa shape index (κ3) is 4.78. The third-order valence-electron chi connectivity index (χ3n) is 4.21. The van der Waals surface area contributed by atoms with E-state index in [0.29, 0.717) is 37.6 Å². The fourth-order valence-corrected chi connectivity index (χ4v) is 2.64. The Kier molecular flexibility index (Phi) is 5.78. The summed E-state index contributed by atoms with van der Waals surface area (Å²) in [5.41, 5.74) is 0. The van der Waals surface area contributed by atoms with Crippen LogP contribution in [-0.4, -0.2) is 32.1 Å². The molecule has 1 aliphatic carbocycles. The van der Waals surface area contributed by atoms with Gasteiger partial charge in [0.1, 0.15) is 23.9 Å². The van der Waals surface area contributed by atoms with E-state index in [0.717, 1.165) is 5.75 Å². The summed E-state index contributed by atoms with van der Waals surface area (Å²) in [5, 5.41) is 5.59. The molecule has 1 saturated carbocycles.